The van der Waals surface area contributed by atoms with Gasteiger partial charge in [0.2, 0.25) is 11.8 Å². The van der Waals surface area contributed by atoms with Crippen molar-refractivity contribution in [2.45, 2.75) is 42.5 Å². The van der Waals surface area contributed by atoms with Crippen molar-refractivity contribution in [2.75, 3.05) is 32.7 Å². The minimum Gasteiger partial charge on any atom is -0.361 e. The molecule has 1 aromatic heterocycles. The summed E-state index contributed by atoms with van der Waals surface area (Å²) in [5.74, 6) is -0.983. The molecule has 0 radical (unpaired) electrons. The van der Waals surface area contributed by atoms with E-state index in [1.54, 1.807) is 26.8 Å². The summed E-state index contributed by atoms with van der Waals surface area (Å²) in [4.78, 5) is 51.1. The topological polar surface area (TPSA) is 88.8 Å². The highest BCUT2D eigenvalue weighted by molar-refractivity contribution is 8.01. The molecular formula is C34H34Cl2FN5O3S. The van der Waals surface area contributed by atoms with Crippen LogP contribution in [-0.4, -0.2) is 75.0 Å². The number of piperazine rings is 1. The van der Waals surface area contributed by atoms with Gasteiger partial charge < -0.3 is 25.0 Å². The van der Waals surface area contributed by atoms with Gasteiger partial charge in [0, 0.05) is 71.8 Å². The van der Waals surface area contributed by atoms with Gasteiger partial charge in [-0.15, -0.1) is 11.8 Å². The Morgan fingerprint density at radius 1 is 1.02 bits per heavy atom. The van der Waals surface area contributed by atoms with Crippen molar-refractivity contribution in [3.05, 3.63) is 99.4 Å². The summed E-state index contributed by atoms with van der Waals surface area (Å²) in [5.41, 5.74) is 3.17. The van der Waals surface area contributed by atoms with Gasteiger partial charge in [-0.3, -0.25) is 9.59 Å². The van der Waals surface area contributed by atoms with Crippen molar-refractivity contribution in [3.8, 4) is 0 Å². The Balaban J connectivity index is 1.47. The Bertz CT molecular complexity index is 1790. The number of H-pyrrole nitrogens is 1. The fraction of sp³-hybridized carbons (Fsp3) is 0.324. The van der Waals surface area contributed by atoms with Crippen LogP contribution in [0.25, 0.3) is 10.9 Å². The average molecular weight is 683 g/mol. The molecule has 0 aliphatic carbocycles. The number of amides is 4. The number of aromatic amines is 1. The Hall–Kier alpha value is -3.73. The minimum absolute atomic E-state index is 0.00670. The molecule has 0 saturated carbocycles. The number of aryl methyl sites for hydroxylation is 1. The van der Waals surface area contributed by atoms with E-state index in [1.807, 2.05) is 56.4 Å². The molecule has 3 heterocycles. The number of likely N-dealkylation sites (tertiary alicyclic amines) is 1. The summed E-state index contributed by atoms with van der Waals surface area (Å²) in [5, 5.41) is 4.21. The molecule has 8 nitrogen and oxygen atoms in total. The largest absolute Gasteiger partial charge is 0.361 e. The standard InChI is InChI=1S/C34H34Cl2FN5O3S/c1-3-38-33(45)41-14-12-40(13-15-41)32(44)34(46-24-8-4-21(2)5-9-24)18-30(43)42(20-22-6-11-27(36)28(37)16-22)31(34)26-19-39-29-17-23(35)7-10-25(26)29/h4-11,16-17,19,31,39H,3,12-15,18,20H2,1-2H3,(H,38,45)/t31-,34-/m0/s1. The zero-order valence-electron chi connectivity index (χ0n) is 25.5. The molecule has 2 saturated heterocycles. The number of fused-ring (bicyclic) bond motifs is 1. The van der Waals surface area contributed by atoms with E-state index in [0.717, 1.165) is 26.9 Å². The van der Waals surface area contributed by atoms with Crippen molar-refractivity contribution < 1.29 is 18.8 Å². The highest BCUT2D eigenvalue weighted by Gasteiger charge is 2.60. The number of hydrogen-bond acceptors (Lipinski definition) is 4. The van der Waals surface area contributed by atoms with Crippen molar-refractivity contribution >= 4 is 63.7 Å². The van der Waals surface area contributed by atoms with Crippen LogP contribution in [0.15, 0.2) is 71.8 Å². The molecule has 6 rings (SSSR count). The van der Waals surface area contributed by atoms with Crippen LogP contribution >= 0.6 is 35.0 Å². The van der Waals surface area contributed by atoms with Gasteiger partial charge in [0.05, 0.1) is 17.5 Å². The molecule has 2 aliphatic heterocycles. The normalized spacial score (nSPS) is 20.1. The van der Waals surface area contributed by atoms with Gasteiger partial charge in [0.1, 0.15) is 10.6 Å². The van der Waals surface area contributed by atoms with Gasteiger partial charge in [-0.25, -0.2) is 9.18 Å². The first-order valence-electron chi connectivity index (χ1n) is 15.2. The number of nitrogens with one attached hydrogen (secondary N) is 2. The first-order chi connectivity index (χ1) is 22.1. The lowest BCUT2D eigenvalue weighted by molar-refractivity contribution is -0.136. The summed E-state index contributed by atoms with van der Waals surface area (Å²) in [6.45, 7) is 5.87. The average Bonchev–Trinajstić information content (AvgIpc) is 3.57. The van der Waals surface area contributed by atoms with E-state index < -0.39 is 16.6 Å². The number of rotatable bonds is 7. The van der Waals surface area contributed by atoms with Crippen molar-refractivity contribution in [1.29, 1.82) is 0 Å². The monoisotopic (exact) mass is 681 g/mol. The summed E-state index contributed by atoms with van der Waals surface area (Å²) in [6, 6.07) is 17.0. The summed E-state index contributed by atoms with van der Waals surface area (Å²) >= 11 is 13.7. The van der Waals surface area contributed by atoms with Crippen molar-refractivity contribution in [1.82, 2.24) is 25.0 Å². The molecule has 0 bridgehead atoms. The molecule has 4 amide bonds. The molecule has 0 spiro atoms. The van der Waals surface area contributed by atoms with E-state index in [2.05, 4.69) is 10.3 Å². The van der Waals surface area contributed by atoms with Crippen LogP contribution in [0.4, 0.5) is 9.18 Å². The fourth-order valence-electron chi connectivity index (χ4n) is 6.39. The van der Waals surface area contributed by atoms with E-state index in [-0.39, 0.29) is 35.8 Å². The highest BCUT2D eigenvalue weighted by Crippen LogP contribution is 2.55. The van der Waals surface area contributed by atoms with Crippen LogP contribution < -0.4 is 5.32 Å². The third kappa shape index (κ3) is 6.18. The van der Waals surface area contributed by atoms with Gasteiger partial charge in [-0.2, -0.15) is 0 Å². The predicted octanol–water partition coefficient (Wildman–Crippen LogP) is 6.80. The van der Waals surface area contributed by atoms with Crippen molar-refractivity contribution in [3.63, 3.8) is 0 Å². The van der Waals surface area contributed by atoms with Crippen LogP contribution in [0.3, 0.4) is 0 Å². The van der Waals surface area contributed by atoms with Gasteiger partial charge in [-0.1, -0.05) is 53.0 Å². The molecule has 3 aromatic carbocycles. The predicted molar refractivity (Wildman–Crippen MR) is 180 cm³/mol. The highest BCUT2D eigenvalue weighted by atomic mass is 35.5. The van der Waals surface area contributed by atoms with Crippen LogP contribution in [0, 0.1) is 12.7 Å². The molecular weight excluding hydrogens is 648 g/mol. The third-order valence-electron chi connectivity index (χ3n) is 8.66. The van der Waals surface area contributed by atoms with Gasteiger partial charge in [0.15, 0.2) is 0 Å². The number of carbonyl (C=O) groups excluding carboxylic acids is 3. The Morgan fingerprint density at radius 2 is 1.74 bits per heavy atom. The molecule has 2 aliphatic rings. The van der Waals surface area contributed by atoms with Gasteiger partial charge >= 0.3 is 6.03 Å². The zero-order chi connectivity index (χ0) is 32.6. The second-order valence-corrected chi connectivity index (χ2v) is 14.0. The third-order valence-corrected chi connectivity index (χ3v) is 10.6. The first-order valence-corrected chi connectivity index (χ1v) is 16.7. The maximum Gasteiger partial charge on any atom is 0.317 e. The van der Waals surface area contributed by atoms with E-state index in [4.69, 9.17) is 23.2 Å². The first kappa shape index (κ1) is 32.2. The summed E-state index contributed by atoms with van der Waals surface area (Å²) < 4.78 is 13.3. The number of urea groups is 1. The number of aromatic nitrogens is 1. The second-order valence-electron chi connectivity index (χ2n) is 11.7. The number of nitrogens with zero attached hydrogens (tertiary/aromatic N) is 3. The van der Waals surface area contributed by atoms with Crippen LogP contribution in [0.1, 0.15) is 36.1 Å². The van der Waals surface area contributed by atoms with Gasteiger partial charge in [0.25, 0.3) is 0 Å². The lowest BCUT2D eigenvalue weighted by Gasteiger charge is -2.42. The van der Waals surface area contributed by atoms with E-state index in [9.17, 15) is 14.0 Å². The van der Waals surface area contributed by atoms with Crippen LogP contribution in [0.2, 0.25) is 10.0 Å². The fourth-order valence-corrected chi connectivity index (χ4v) is 8.15. The molecule has 240 valence electrons. The molecule has 12 heteroatoms. The van der Waals surface area contributed by atoms with Crippen LogP contribution in [-0.2, 0) is 16.1 Å². The van der Waals surface area contributed by atoms with Gasteiger partial charge in [-0.05, 0) is 55.8 Å². The lowest BCUT2D eigenvalue weighted by Crippen LogP contribution is -2.58. The number of hydrogen-bond donors (Lipinski definition) is 2. The smallest absolute Gasteiger partial charge is 0.317 e. The SMILES string of the molecule is CCNC(=O)N1CCN(C(=O)[C@]2(Sc3ccc(C)cc3)CC(=O)N(Cc3ccc(Cl)c(F)c3)[C@H]2c2c[nH]c3cc(Cl)ccc23)CC1. The second kappa shape index (κ2) is 13.2. The maximum absolute atomic E-state index is 15.0. The maximum atomic E-state index is 15.0. The van der Waals surface area contributed by atoms with Crippen molar-refractivity contribution in [2.24, 2.45) is 0 Å². The van der Waals surface area contributed by atoms with Crippen LogP contribution in [0.5, 0.6) is 0 Å². The number of halogens is 3. The molecule has 2 fully saturated rings. The molecule has 0 unspecified atom stereocenters. The number of benzene rings is 3. The Morgan fingerprint density at radius 3 is 2.43 bits per heavy atom. The van der Waals surface area contributed by atoms with E-state index in [0.29, 0.717) is 43.3 Å². The Labute approximate surface area is 281 Å². The summed E-state index contributed by atoms with van der Waals surface area (Å²) in [6.07, 6.45) is 1.77. The minimum atomic E-state index is -1.28. The lowest BCUT2D eigenvalue weighted by atomic mass is 9.90. The number of carbonyl (C=O) groups is 3. The molecule has 2 atom stereocenters. The van der Waals surface area contributed by atoms with E-state index >= 15 is 4.79 Å². The summed E-state index contributed by atoms with van der Waals surface area (Å²) in [7, 11) is 0. The number of thioether (sulfide) groups is 1. The quantitative estimate of drug-likeness (QED) is 0.225. The molecule has 2 N–H and O–H groups in total. The Kier molecular flexibility index (Phi) is 9.23. The molecule has 46 heavy (non-hydrogen) atoms. The molecule has 4 aromatic rings. The van der Waals surface area contributed by atoms with E-state index in [1.165, 1.54) is 23.9 Å². The zero-order valence-corrected chi connectivity index (χ0v) is 27.8.